The molecule has 0 fully saturated rings. The highest BCUT2D eigenvalue weighted by Gasteiger charge is 1.76. The summed E-state index contributed by atoms with van der Waals surface area (Å²) in [5.41, 5.74) is 0. The van der Waals surface area contributed by atoms with Crippen LogP contribution in [-0.2, 0) is 9.84 Å². The Morgan fingerprint density at radius 2 is 2.33 bits per heavy atom. The highest BCUT2D eigenvalue weighted by atomic mass is 16.5. The van der Waals surface area contributed by atoms with Crippen molar-refractivity contribution in [3.8, 4) is 0 Å². The second-order valence-electron chi connectivity index (χ2n) is 1.74. The second-order valence-corrected chi connectivity index (χ2v) is 1.74. The molecule has 1 radical (unpaired) electrons. The van der Waals surface area contributed by atoms with Gasteiger partial charge in [-0.05, 0) is 18.9 Å². The monoisotopic (exact) mass is 129 g/mol. The van der Waals surface area contributed by atoms with E-state index in [0.29, 0.717) is 6.42 Å². The lowest BCUT2D eigenvalue weighted by molar-refractivity contribution is 0.196. The summed E-state index contributed by atoms with van der Waals surface area (Å²) >= 11 is 0. The van der Waals surface area contributed by atoms with Crippen molar-refractivity contribution in [3.63, 3.8) is 0 Å². The first-order valence-electron chi connectivity index (χ1n) is 3.26. The van der Waals surface area contributed by atoms with Crippen LogP contribution in [0.15, 0.2) is 12.3 Å². The maximum atomic E-state index is 9.86. The average Bonchev–Trinajstić information content (AvgIpc) is 1.89. The summed E-state index contributed by atoms with van der Waals surface area (Å²) in [6.45, 7) is 2.74. The first-order valence-corrected chi connectivity index (χ1v) is 3.26. The SMILES string of the molecule is CCCOC=CCC[O]. The molecule has 0 aliphatic carbocycles. The Labute approximate surface area is 56.1 Å². The molecule has 2 heteroatoms. The molecule has 0 amide bonds. The largest absolute Gasteiger partial charge is 0.502 e. The van der Waals surface area contributed by atoms with Gasteiger partial charge < -0.3 is 4.74 Å². The van der Waals surface area contributed by atoms with E-state index >= 15 is 0 Å². The standard InChI is InChI=1S/C7H13O2/c1-2-6-9-7-4-3-5-8/h4,7H,2-3,5-6H2,1H3. The zero-order valence-corrected chi connectivity index (χ0v) is 5.80. The molecule has 0 N–H and O–H groups in total. The molecule has 0 saturated heterocycles. The third-order valence-corrected chi connectivity index (χ3v) is 0.799. The maximum Gasteiger partial charge on any atom is 0.0870 e. The first kappa shape index (κ1) is 8.50. The van der Waals surface area contributed by atoms with E-state index in [9.17, 15) is 5.11 Å². The summed E-state index contributed by atoms with van der Waals surface area (Å²) < 4.78 is 4.97. The quantitative estimate of drug-likeness (QED) is 0.410. The van der Waals surface area contributed by atoms with E-state index in [1.165, 1.54) is 0 Å². The summed E-state index contributed by atoms with van der Waals surface area (Å²) in [7, 11) is 0. The van der Waals surface area contributed by atoms with Crippen LogP contribution in [0.2, 0.25) is 0 Å². The van der Waals surface area contributed by atoms with Crippen LogP contribution in [0.3, 0.4) is 0 Å². The van der Waals surface area contributed by atoms with Crippen LogP contribution in [0.1, 0.15) is 19.8 Å². The minimum Gasteiger partial charge on any atom is -0.502 e. The van der Waals surface area contributed by atoms with E-state index in [1.807, 2.05) is 6.92 Å². The van der Waals surface area contributed by atoms with E-state index < -0.39 is 0 Å². The van der Waals surface area contributed by atoms with E-state index in [0.717, 1.165) is 13.0 Å². The number of hydrogen-bond donors (Lipinski definition) is 0. The van der Waals surface area contributed by atoms with Gasteiger partial charge in [0.15, 0.2) is 0 Å². The predicted octanol–water partition coefficient (Wildman–Crippen LogP) is 1.75. The molecule has 0 unspecified atom stereocenters. The average molecular weight is 129 g/mol. The van der Waals surface area contributed by atoms with Crippen molar-refractivity contribution in [2.75, 3.05) is 13.2 Å². The van der Waals surface area contributed by atoms with E-state index in [2.05, 4.69) is 0 Å². The molecular formula is C7H13O2. The zero-order valence-electron chi connectivity index (χ0n) is 5.80. The molecule has 0 aromatic rings. The minimum absolute atomic E-state index is 0.0496. The molecule has 0 saturated carbocycles. The molecule has 0 atom stereocenters. The van der Waals surface area contributed by atoms with Crippen molar-refractivity contribution >= 4 is 0 Å². The van der Waals surface area contributed by atoms with Crippen LogP contribution in [0.25, 0.3) is 0 Å². The fourth-order valence-electron chi connectivity index (χ4n) is 0.390. The van der Waals surface area contributed by atoms with Gasteiger partial charge in [0.1, 0.15) is 0 Å². The second kappa shape index (κ2) is 7.50. The Morgan fingerprint density at radius 1 is 1.56 bits per heavy atom. The summed E-state index contributed by atoms with van der Waals surface area (Å²) in [5, 5.41) is 9.86. The molecule has 0 heterocycles. The topological polar surface area (TPSA) is 29.1 Å². The molecule has 9 heavy (non-hydrogen) atoms. The molecule has 53 valence electrons. The maximum absolute atomic E-state index is 9.86. The Hall–Kier alpha value is -0.500. The normalized spacial score (nSPS) is 10.4. The predicted molar refractivity (Wildman–Crippen MR) is 35.6 cm³/mol. The van der Waals surface area contributed by atoms with Crippen molar-refractivity contribution < 1.29 is 9.84 Å². The van der Waals surface area contributed by atoms with E-state index in [-0.39, 0.29) is 6.61 Å². The molecular weight excluding hydrogens is 116 g/mol. The molecule has 0 rings (SSSR count). The van der Waals surface area contributed by atoms with Crippen molar-refractivity contribution in [2.45, 2.75) is 19.8 Å². The van der Waals surface area contributed by atoms with Gasteiger partial charge in [-0.2, -0.15) is 0 Å². The third-order valence-electron chi connectivity index (χ3n) is 0.799. The van der Waals surface area contributed by atoms with Gasteiger partial charge in [0.25, 0.3) is 0 Å². The smallest absolute Gasteiger partial charge is 0.0870 e. The summed E-state index contributed by atoms with van der Waals surface area (Å²) in [5.74, 6) is 0. The number of rotatable bonds is 5. The van der Waals surface area contributed by atoms with Crippen molar-refractivity contribution in [3.05, 3.63) is 12.3 Å². The van der Waals surface area contributed by atoms with Crippen LogP contribution in [0, 0.1) is 0 Å². The van der Waals surface area contributed by atoms with Crippen molar-refractivity contribution in [1.29, 1.82) is 0 Å². The molecule has 0 aliphatic heterocycles. The molecule has 2 nitrogen and oxygen atoms in total. The lowest BCUT2D eigenvalue weighted by atomic mass is 10.4. The summed E-state index contributed by atoms with van der Waals surface area (Å²) in [6.07, 6.45) is 4.94. The van der Waals surface area contributed by atoms with E-state index in [1.54, 1.807) is 12.3 Å². The van der Waals surface area contributed by atoms with Gasteiger partial charge in [-0.15, -0.1) is 0 Å². The van der Waals surface area contributed by atoms with Crippen LogP contribution >= 0.6 is 0 Å². The van der Waals surface area contributed by atoms with Gasteiger partial charge in [-0.1, -0.05) is 6.92 Å². The van der Waals surface area contributed by atoms with Gasteiger partial charge in [0.2, 0.25) is 0 Å². The first-order chi connectivity index (χ1) is 4.41. The zero-order chi connectivity index (χ0) is 6.95. The van der Waals surface area contributed by atoms with Crippen LogP contribution < -0.4 is 0 Å². The molecule has 0 aromatic heterocycles. The molecule has 0 spiro atoms. The van der Waals surface area contributed by atoms with Crippen LogP contribution in [0.5, 0.6) is 0 Å². The third kappa shape index (κ3) is 7.50. The number of hydrogen-bond acceptors (Lipinski definition) is 1. The Kier molecular flexibility index (Phi) is 7.08. The van der Waals surface area contributed by atoms with Gasteiger partial charge >= 0.3 is 0 Å². The van der Waals surface area contributed by atoms with Gasteiger partial charge in [-0.3, -0.25) is 0 Å². The molecule has 0 aromatic carbocycles. The Morgan fingerprint density at radius 3 is 2.89 bits per heavy atom. The van der Waals surface area contributed by atoms with Crippen molar-refractivity contribution in [1.82, 2.24) is 0 Å². The Bertz CT molecular complexity index is 69.3. The molecule has 0 bridgehead atoms. The van der Waals surface area contributed by atoms with Gasteiger partial charge in [-0.25, -0.2) is 5.11 Å². The van der Waals surface area contributed by atoms with E-state index in [4.69, 9.17) is 4.74 Å². The number of ether oxygens (including phenoxy) is 1. The highest BCUT2D eigenvalue weighted by Crippen LogP contribution is 1.84. The fraction of sp³-hybridized carbons (Fsp3) is 0.714. The minimum atomic E-state index is -0.0496. The fourth-order valence-corrected chi connectivity index (χ4v) is 0.390. The van der Waals surface area contributed by atoms with Crippen LogP contribution in [0.4, 0.5) is 0 Å². The van der Waals surface area contributed by atoms with Gasteiger partial charge in [0, 0.05) is 0 Å². The van der Waals surface area contributed by atoms with Gasteiger partial charge in [0.05, 0.1) is 19.5 Å². The lowest BCUT2D eigenvalue weighted by Gasteiger charge is -1.93. The lowest BCUT2D eigenvalue weighted by Crippen LogP contribution is -1.82. The van der Waals surface area contributed by atoms with Crippen molar-refractivity contribution in [2.24, 2.45) is 0 Å². The summed E-state index contributed by atoms with van der Waals surface area (Å²) in [6, 6.07) is 0. The van der Waals surface area contributed by atoms with Crippen LogP contribution in [-0.4, -0.2) is 13.2 Å². The highest BCUT2D eigenvalue weighted by molar-refractivity contribution is 4.72. The Balaban J connectivity index is 2.86. The molecule has 0 aliphatic rings. The summed E-state index contributed by atoms with van der Waals surface area (Å²) in [4.78, 5) is 0.